The Morgan fingerprint density at radius 2 is 2.53 bits per heavy atom. The third-order valence-electron chi connectivity index (χ3n) is 3.05. The van der Waals surface area contributed by atoms with Crippen LogP contribution in [0.15, 0.2) is 5.38 Å². The topological polar surface area (TPSA) is 62.7 Å². The van der Waals surface area contributed by atoms with Crippen LogP contribution in [0.5, 0.6) is 0 Å². The maximum absolute atomic E-state index is 10.7. The summed E-state index contributed by atoms with van der Waals surface area (Å²) in [7, 11) is 2.02. The predicted molar refractivity (Wildman–Crippen MR) is 64.4 cm³/mol. The highest BCUT2D eigenvalue weighted by molar-refractivity contribution is 7.11. The van der Waals surface area contributed by atoms with E-state index in [0.717, 1.165) is 18.7 Å². The molecule has 1 aromatic heterocycles. The molecule has 17 heavy (non-hydrogen) atoms. The molecular formula is C11H16N2O3S. The molecule has 2 unspecified atom stereocenters. The monoisotopic (exact) mass is 256 g/mol. The Morgan fingerprint density at radius 3 is 3.06 bits per heavy atom. The molecule has 1 aromatic rings. The zero-order chi connectivity index (χ0) is 12.4. The Labute approximate surface area is 104 Å². The van der Waals surface area contributed by atoms with Crippen LogP contribution in [0.3, 0.4) is 0 Å². The van der Waals surface area contributed by atoms with Gasteiger partial charge in [0.05, 0.1) is 11.8 Å². The molecule has 1 N–H and O–H groups in total. The summed E-state index contributed by atoms with van der Waals surface area (Å²) in [5.74, 6) is -0.957. The lowest BCUT2D eigenvalue weighted by Gasteiger charge is -2.25. The van der Waals surface area contributed by atoms with E-state index in [2.05, 4.69) is 16.8 Å². The zero-order valence-corrected chi connectivity index (χ0v) is 10.7. The number of ether oxygens (including phenoxy) is 1. The van der Waals surface area contributed by atoms with E-state index in [0.29, 0.717) is 12.6 Å². The van der Waals surface area contributed by atoms with Gasteiger partial charge < -0.3 is 9.84 Å². The van der Waals surface area contributed by atoms with Crippen molar-refractivity contribution >= 4 is 17.3 Å². The molecule has 6 heteroatoms. The van der Waals surface area contributed by atoms with Gasteiger partial charge in [0, 0.05) is 24.6 Å². The van der Waals surface area contributed by atoms with E-state index in [1.54, 1.807) is 5.38 Å². The smallest absolute Gasteiger partial charge is 0.365 e. The highest BCUT2D eigenvalue weighted by Gasteiger charge is 2.28. The van der Waals surface area contributed by atoms with Crippen LogP contribution in [0.2, 0.25) is 0 Å². The standard InChI is InChI=1S/C11H16N2O3S/c1-7-9(3-4-16-7)13(2)5-8-6-17-10(12-8)11(14)15/h6-7,9H,3-5H2,1-2H3,(H,14,15). The first-order valence-electron chi connectivity index (χ1n) is 5.57. The number of hydrogen-bond donors (Lipinski definition) is 1. The van der Waals surface area contributed by atoms with Gasteiger partial charge in [-0.1, -0.05) is 0 Å². The van der Waals surface area contributed by atoms with E-state index in [4.69, 9.17) is 9.84 Å². The number of hydrogen-bond acceptors (Lipinski definition) is 5. The number of carboxylic acid groups (broad SMARTS) is 1. The number of aromatic nitrogens is 1. The fraction of sp³-hybridized carbons (Fsp3) is 0.636. The van der Waals surface area contributed by atoms with Crippen molar-refractivity contribution in [2.75, 3.05) is 13.7 Å². The van der Waals surface area contributed by atoms with Gasteiger partial charge in [-0.05, 0) is 20.4 Å². The normalized spacial score (nSPS) is 24.4. The Morgan fingerprint density at radius 1 is 1.76 bits per heavy atom. The molecule has 0 bridgehead atoms. The molecule has 0 spiro atoms. The minimum absolute atomic E-state index is 0.157. The highest BCUT2D eigenvalue weighted by atomic mass is 32.1. The van der Waals surface area contributed by atoms with Gasteiger partial charge in [-0.25, -0.2) is 9.78 Å². The van der Waals surface area contributed by atoms with Crippen LogP contribution in [0.4, 0.5) is 0 Å². The number of aromatic carboxylic acids is 1. The molecule has 1 aliphatic heterocycles. The molecule has 1 saturated heterocycles. The Bertz CT molecular complexity index is 407. The predicted octanol–water partition coefficient (Wildman–Crippen LogP) is 1.45. The molecule has 2 rings (SSSR count). The number of rotatable bonds is 4. The first-order valence-corrected chi connectivity index (χ1v) is 6.45. The van der Waals surface area contributed by atoms with E-state index < -0.39 is 5.97 Å². The van der Waals surface area contributed by atoms with Gasteiger partial charge in [0.15, 0.2) is 0 Å². The van der Waals surface area contributed by atoms with Crippen LogP contribution >= 0.6 is 11.3 Å². The lowest BCUT2D eigenvalue weighted by molar-refractivity contribution is 0.0694. The van der Waals surface area contributed by atoms with Crippen molar-refractivity contribution in [3.8, 4) is 0 Å². The second-order valence-electron chi connectivity index (χ2n) is 4.30. The lowest BCUT2D eigenvalue weighted by atomic mass is 10.1. The molecule has 1 fully saturated rings. The van der Waals surface area contributed by atoms with Crippen LogP contribution in [-0.2, 0) is 11.3 Å². The van der Waals surface area contributed by atoms with Gasteiger partial charge in [-0.15, -0.1) is 11.3 Å². The van der Waals surface area contributed by atoms with E-state index in [9.17, 15) is 4.79 Å². The van der Waals surface area contributed by atoms with E-state index in [-0.39, 0.29) is 11.1 Å². The summed E-state index contributed by atoms with van der Waals surface area (Å²) in [6.45, 7) is 3.54. The van der Waals surface area contributed by atoms with Crippen LogP contribution in [0, 0.1) is 0 Å². The number of nitrogens with zero attached hydrogens (tertiary/aromatic N) is 2. The molecule has 0 saturated carbocycles. The first-order chi connectivity index (χ1) is 8.08. The summed E-state index contributed by atoms with van der Waals surface area (Å²) in [5.41, 5.74) is 0.814. The van der Waals surface area contributed by atoms with E-state index >= 15 is 0 Å². The first kappa shape index (κ1) is 12.5. The second-order valence-corrected chi connectivity index (χ2v) is 5.15. The van der Waals surface area contributed by atoms with Gasteiger partial charge in [0.2, 0.25) is 5.01 Å². The Kier molecular flexibility index (Phi) is 3.76. The number of carboxylic acids is 1. The largest absolute Gasteiger partial charge is 0.476 e. The summed E-state index contributed by atoms with van der Waals surface area (Å²) < 4.78 is 5.51. The van der Waals surface area contributed by atoms with E-state index in [1.807, 2.05) is 7.05 Å². The summed E-state index contributed by atoms with van der Waals surface area (Å²) in [5, 5.41) is 10.8. The molecule has 0 aromatic carbocycles. The molecule has 1 aliphatic rings. The fourth-order valence-electron chi connectivity index (χ4n) is 2.15. The van der Waals surface area contributed by atoms with Crippen LogP contribution in [0.1, 0.15) is 28.8 Å². The maximum Gasteiger partial charge on any atom is 0.365 e. The SMILES string of the molecule is CC1OCCC1N(C)Cc1csc(C(=O)O)n1. The Balaban J connectivity index is 1.97. The number of thiazole rings is 1. The molecule has 2 atom stereocenters. The third kappa shape index (κ3) is 2.83. The number of carbonyl (C=O) groups is 1. The van der Waals surface area contributed by atoms with Crippen molar-refractivity contribution in [1.82, 2.24) is 9.88 Å². The molecule has 94 valence electrons. The van der Waals surface area contributed by atoms with Crippen molar-refractivity contribution in [2.45, 2.75) is 32.0 Å². The molecule has 2 heterocycles. The summed E-state index contributed by atoms with van der Waals surface area (Å²) in [6, 6.07) is 0.393. The zero-order valence-electron chi connectivity index (χ0n) is 9.92. The Hall–Kier alpha value is -0.980. The fourth-order valence-corrected chi connectivity index (χ4v) is 2.80. The number of likely N-dealkylation sites (N-methyl/N-ethyl adjacent to an activating group) is 1. The molecule has 0 radical (unpaired) electrons. The highest BCUT2D eigenvalue weighted by Crippen LogP contribution is 2.20. The van der Waals surface area contributed by atoms with Gasteiger partial charge in [0.1, 0.15) is 0 Å². The summed E-state index contributed by atoms with van der Waals surface area (Å²) >= 11 is 1.17. The molecular weight excluding hydrogens is 240 g/mol. The molecule has 5 nitrogen and oxygen atoms in total. The van der Waals surface area contributed by atoms with Gasteiger partial charge in [-0.2, -0.15) is 0 Å². The molecule has 0 aliphatic carbocycles. The van der Waals surface area contributed by atoms with Gasteiger partial charge in [0.25, 0.3) is 0 Å². The van der Waals surface area contributed by atoms with E-state index in [1.165, 1.54) is 11.3 Å². The van der Waals surface area contributed by atoms with Gasteiger partial charge >= 0.3 is 5.97 Å². The minimum atomic E-state index is -0.957. The molecule has 0 amide bonds. The van der Waals surface area contributed by atoms with Crippen molar-refractivity contribution in [3.63, 3.8) is 0 Å². The third-order valence-corrected chi connectivity index (χ3v) is 3.93. The average molecular weight is 256 g/mol. The quantitative estimate of drug-likeness (QED) is 0.883. The van der Waals surface area contributed by atoms with Crippen molar-refractivity contribution < 1.29 is 14.6 Å². The second kappa shape index (κ2) is 5.12. The minimum Gasteiger partial charge on any atom is -0.476 e. The van der Waals surface area contributed by atoms with Crippen molar-refractivity contribution in [3.05, 3.63) is 16.1 Å². The van der Waals surface area contributed by atoms with Crippen LogP contribution < -0.4 is 0 Å². The van der Waals surface area contributed by atoms with Crippen LogP contribution in [0.25, 0.3) is 0 Å². The van der Waals surface area contributed by atoms with Crippen molar-refractivity contribution in [2.24, 2.45) is 0 Å². The van der Waals surface area contributed by atoms with Crippen molar-refractivity contribution in [1.29, 1.82) is 0 Å². The van der Waals surface area contributed by atoms with Gasteiger partial charge in [-0.3, -0.25) is 4.90 Å². The summed E-state index contributed by atoms with van der Waals surface area (Å²) in [6.07, 6.45) is 1.26. The average Bonchev–Trinajstić information content (AvgIpc) is 2.86. The maximum atomic E-state index is 10.7. The lowest BCUT2D eigenvalue weighted by Crippen LogP contribution is -2.36. The summed E-state index contributed by atoms with van der Waals surface area (Å²) in [4.78, 5) is 17.0. The van der Waals surface area contributed by atoms with Crippen LogP contribution in [-0.4, -0.2) is 46.8 Å².